The van der Waals surface area contributed by atoms with Gasteiger partial charge in [-0.05, 0) is 40.8 Å². The summed E-state index contributed by atoms with van der Waals surface area (Å²) in [6.07, 6.45) is 1.82. The van der Waals surface area contributed by atoms with E-state index in [2.05, 4.69) is 25.5 Å². The zero-order chi connectivity index (χ0) is 21.5. The molecule has 1 unspecified atom stereocenters. The monoisotopic (exact) mass is 454 g/mol. The van der Waals surface area contributed by atoms with Crippen molar-refractivity contribution >= 4 is 34.2 Å². The molecule has 154 valence electrons. The van der Waals surface area contributed by atoms with Crippen molar-refractivity contribution in [2.45, 2.75) is 18.1 Å². The minimum atomic E-state index is -4.10. The number of aliphatic hydroxyl groups is 1. The first-order valence-electron chi connectivity index (χ1n) is 8.40. The maximum absolute atomic E-state index is 15.7. The molecule has 12 heteroatoms. The second-order valence-corrected chi connectivity index (χ2v) is 7.33. The Bertz CT molecular complexity index is 1220. The second-order valence-electron chi connectivity index (χ2n) is 6.45. The lowest BCUT2D eigenvalue weighted by molar-refractivity contribution is -0.207. The number of halogens is 5. The second kappa shape index (κ2) is 7.46. The number of hydrogen-bond donors (Lipinski definition) is 1. The van der Waals surface area contributed by atoms with Crippen molar-refractivity contribution in [3.63, 3.8) is 0 Å². The molecule has 0 bridgehead atoms. The van der Waals surface area contributed by atoms with Crippen molar-refractivity contribution in [1.82, 2.24) is 30.2 Å². The van der Waals surface area contributed by atoms with Gasteiger partial charge in [0.2, 0.25) is 0 Å². The van der Waals surface area contributed by atoms with E-state index in [0.717, 1.165) is 29.3 Å². The molecular formula is C18H11Cl2F3N6O. The number of alkyl halides is 2. The largest absolute Gasteiger partial charge is 0.377 e. The number of rotatable bonds is 5. The first kappa shape index (κ1) is 20.5. The quantitative estimate of drug-likeness (QED) is 0.493. The average Bonchev–Trinajstić information content (AvgIpc) is 3.20. The molecule has 0 aliphatic rings. The molecule has 0 aliphatic heterocycles. The van der Waals surface area contributed by atoms with Crippen LogP contribution in [0.3, 0.4) is 0 Å². The fourth-order valence-electron chi connectivity index (χ4n) is 3.01. The van der Waals surface area contributed by atoms with Crippen LogP contribution >= 0.6 is 23.2 Å². The van der Waals surface area contributed by atoms with E-state index in [4.69, 9.17) is 23.2 Å². The Kier molecular flexibility index (Phi) is 5.08. The molecule has 0 aliphatic carbocycles. The van der Waals surface area contributed by atoms with Gasteiger partial charge in [-0.15, -0.1) is 5.10 Å². The van der Waals surface area contributed by atoms with Crippen molar-refractivity contribution in [2.24, 2.45) is 0 Å². The zero-order valence-electron chi connectivity index (χ0n) is 14.8. The van der Waals surface area contributed by atoms with E-state index < -0.39 is 35.1 Å². The lowest BCUT2D eigenvalue weighted by Crippen LogP contribution is -2.48. The molecule has 0 amide bonds. The van der Waals surface area contributed by atoms with Gasteiger partial charge in [0.1, 0.15) is 17.8 Å². The summed E-state index contributed by atoms with van der Waals surface area (Å²) < 4.78 is 46.9. The average molecular weight is 455 g/mol. The summed E-state index contributed by atoms with van der Waals surface area (Å²) in [5, 5.41) is 21.7. The van der Waals surface area contributed by atoms with Crippen molar-refractivity contribution in [3.05, 3.63) is 76.0 Å². The molecule has 2 aromatic heterocycles. The Morgan fingerprint density at radius 2 is 1.77 bits per heavy atom. The van der Waals surface area contributed by atoms with Gasteiger partial charge in [0.05, 0.1) is 23.8 Å². The molecule has 0 saturated carbocycles. The third kappa shape index (κ3) is 3.47. The molecule has 2 aromatic carbocycles. The van der Waals surface area contributed by atoms with Crippen LogP contribution in [-0.4, -0.2) is 35.3 Å². The maximum atomic E-state index is 15.7. The fourth-order valence-corrected chi connectivity index (χ4v) is 3.34. The van der Waals surface area contributed by atoms with Crippen LogP contribution in [0.25, 0.3) is 11.0 Å². The molecule has 2 heterocycles. The van der Waals surface area contributed by atoms with Crippen LogP contribution in [0.1, 0.15) is 11.3 Å². The summed E-state index contributed by atoms with van der Waals surface area (Å²) >= 11 is 11.6. The molecular weight excluding hydrogens is 444 g/mol. The van der Waals surface area contributed by atoms with Gasteiger partial charge in [0, 0.05) is 15.6 Å². The highest BCUT2D eigenvalue weighted by Crippen LogP contribution is 2.47. The molecule has 4 aromatic rings. The van der Waals surface area contributed by atoms with E-state index in [9.17, 15) is 9.50 Å². The SMILES string of the molecule is OC(Cn1cnnn1)(c1ccc(Cl)cc1F)C(F)(F)c1cnc2cc(Cl)ccc2n1. The lowest BCUT2D eigenvalue weighted by Gasteiger charge is -2.35. The molecule has 0 spiro atoms. The van der Waals surface area contributed by atoms with Crippen LogP contribution in [-0.2, 0) is 18.1 Å². The maximum Gasteiger partial charge on any atom is 0.325 e. The van der Waals surface area contributed by atoms with E-state index in [1.165, 1.54) is 24.3 Å². The molecule has 0 fully saturated rings. The number of hydrogen-bond acceptors (Lipinski definition) is 6. The van der Waals surface area contributed by atoms with Gasteiger partial charge in [0.15, 0.2) is 5.60 Å². The predicted octanol–water partition coefficient (Wildman–Crippen LogP) is 3.74. The van der Waals surface area contributed by atoms with Gasteiger partial charge in [-0.2, -0.15) is 8.78 Å². The Hall–Kier alpha value is -2.82. The summed E-state index contributed by atoms with van der Waals surface area (Å²) in [6, 6.07) is 7.32. The number of fused-ring (bicyclic) bond motifs is 1. The molecule has 0 radical (unpaired) electrons. The Labute approximate surface area is 177 Å². The summed E-state index contributed by atoms with van der Waals surface area (Å²) in [6.45, 7) is -0.869. The summed E-state index contributed by atoms with van der Waals surface area (Å²) in [4.78, 5) is 7.86. The topological polar surface area (TPSA) is 89.6 Å². The van der Waals surface area contributed by atoms with Crippen molar-refractivity contribution in [3.8, 4) is 0 Å². The summed E-state index contributed by atoms with van der Waals surface area (Å²) in [5.74, 6) is -5.23. The Morgan fingerprint density at radius 1 is 1.03 bits per heavy atom. The molecule has 4 rings (SSSR count). The number of nitrogens with zero attached hydrogens (tertiary/aromatic N) is 6. The first-order chi connectivity index (χ1) is 14.2. The molecule has 7 nitrogen and oxygen atoms in total. The van der Waals surface area contributed by atoms with E-state index >= 15 is 8.78 Å². The van der Waals surface area contributed by atoms with Gasteiger partial charge in [-0.3, -0.25) is 4.98 Å². The highest BCUT2D eigenvalue weighted by molar-refractivity contribution is 6.31. The number of benzene rings is 2. The van der Waals surface area contributed by atoms with Crippen LogP contribution in [0.2, 0.25) is 10.0 Å². The van der Waals surface area contributed by atoms with E-state index in [0.29, 0.717) is 5.02 Å². The van der Waals surface area contributed by atoms with Gasteiger partial charge >= 0.3 is 5.92 Å². The van der Waals surface area contributed by atoms with Crippen molar-refractivity contribution < 1.29 is 18.3 Å². The van der Waals surface area contributed by atoms with Crippen LogP contribution in [0, 0.1) is 5.82 Å². The van der Waals surface area contributed by atoms with E-state index in [1.807, 2.05) is 0 Å². The van der Waals surface area contributed by atoms with Gasteiger partial charge in [0.25, 0.3) is 0 Å². The van der Waals surface area contributed by atoms with Crippen LogP contribution in [0.15, 0.2) is 48.9 Å². The van der Waals surface area contributed by atoms with Gasteiger partial charge in [-0.25, -0.2) is 14.1 Å². The molecule has 1 N–H and O–H groups in total. The van der Waals surface area contributed by atoms with Crippen LogP contribution in [0.4, 0.5) is 13.2 Å². The molecule has 30 heavy (non-hydrogen) atoms. The van der Waals surface area contributed by atoms with Crippen LogP contribution < -0.4 is 0 Å². The van der Waals surface area contributed by atoms with E-state index in [1.54, 1.807) is 0 Å². The third-order valence-electron chi connectivity index (χ3n) is 4.50. The first-order valence-corrected chi connectivity index (χ1v) is 9.15. The Morgan fingerprint density at radius 3 is 2.47 bits per heavy atom. The highest BCUT2D eigenvalue weighted by atomic mass is 35.5. The summed E-state index contributed by atoms with van der Waals surface area (Å²) in [5.41, 5.74) is -4.29. The number of aromatic nitrogens is 6. The van der Waals surface area contributed by atoms with Gasteiger partial charge in [-0.1, -0.05) is 29.3 Å². The van der Waals surface area contributed by atoms with Crippen molar-refractivity contribution in [1.29, 1.82) is 0 Å². The highest BCUT2D eigenvalue weighted by Gasteiger charge is 2.58. The Balaban J connectivity index is 1.89. The predicted molar refractivity (Wildman–Crippen MR) is 102 cm³/mol. The normalized spacial score (nSPS) is 14.1. The van der Waals surface area contributed by atoms with Gasteiger partial charge < -0.3 is 5.11 Å². The fraction of sp³-hybridized carbons (Fsp3) is 0.167. The zero-order valence-corrected chi connectivity index (χ0v) is 16.4. The minimum absolute atomic E-state index is 0.0216. The van der Waals surface area contributed by atoms with Crippen molar-refractivity contribution in [2.75, 3.05) is 0 Å². The molecule has 0 saturated heterocycles. The smallest absolute Gasteiger partial charge is 0.325 e. The number of tetrazole rings is 1. The third-order valence-corrected chi connectivity index (χ3v) is 4.97. The molecule has 1 atom stereocenters. The summed E-state index contributed by atoms with van der Waals surface area (Å²) in [7, 11) is 0. The lowest BCUT2D eigenvalue weighted by atomic mass is 9.85. The standard InChI is InChI=1S/C18H11Cl2F3N6O/c19-10-1-3-12(13(21)5-10)17(30,8-29-9-25-27-28-29)18(22,23)16-7-24-15-6-11(20)2-4-14(15)26-16/h1-7,9,30H,8H2. The van der Waals surface area contributed by atoms with E-state index in [-0.39, 0.29) is 16.1 Å². The minimum Gasteiger partial charge on any atom is -0.377 e. The van der Waals surface area contributed by atoms with Crippen LogP contribution in [0.5, 0.6) is 0 Å².